The lowest BCUT2D eigenvalue weighted by Gasteiger charge is -2.36. The molecule has 0 aromatic carbocycles. The molecule has 3 N–H and O–H groups in total. The third-order valence-electron chi connectivity index (χ3n) is 4.92. The van der Waals surface area contributed by atoms with E-state index in [2.05, 4.69) is 15.3 Å². The van der Waals surface area contributed by atoms with Crippen LogP contribution in [-0.2, 0) is 4.74 Å². The number of aliphatic hydroxyl groups excluding tert-OH is 2. The van der Waals surface area contributed by atoms with Crippen molar-refractivity contribution in [1.29, 1.82) is 0 Å². The van der Waals surface area contributed by atoms with E-state index in [4.69, 9.17) is 4.74 Å². The van der Waals surface area contributed by atoms with Gasteiger partial charge in [0, 0.05) is 42.9 Å². The minimum absolute atomic E-state index is 0.121. The van der Waals surface area contributed by atoms with Gasteiger partial charge in [0.05, 0.1) is 12.7 Å². The molecule has 1 saturated carbocycles. The highest BCUT2D eigenvalue weighted by atomic mass is 16.5. The number of hydrogen-bond donors (Lipinski definition) is 3. The number of aromatic nitrogens is 2. The van der Waals surface area contributed by atoms with E-state index in [1.54, 1.807) is 0 Å². The quantitative estimate of drug-likeness (QED) is 0.758. The molecule has 0 atom stereocenters. The molecule has 22 heavy (non-hydrogen) atoms. The molecule has 6 nitrogen and oxygen atoms in total. The standard InChI is InChI=1S/C16H25N3O3/c1-11-18-14(12-6-13(21)7-12)8-15(19-11)17-9-16(10-20)2-4-22-5-3-16/h8,12-13,20-21H,2-7,9-10H2,1H3,(H,17,18,19). The molecule has 6 heteroatoms. The summed E-state index contributed by atoms with van der Waals surface area (Å²) in [4.78, 5) is 8.94. The van der Waals surface area contributed by atoms with Crippen LogP contribution in [0.5, 0.6) is 0 Å². The summed E-state index contributed by atoms with van der Waals surface area (Å²) in [6.07, 6.45) is 3.11. The second kappa shape index (κ2) is 6.48. The zero-order valence-corrected chi connectivity index (χ0v) is 13.1. The van der Waals surface area contributed by atoms with Gasteiger partial charge in [0.2, 0.25) is 0 Å². The van der Waals surface area contributed by atoms with Gasteiger partial charge in [0.15, 0.2) is 0 Å². The van der Waals surface area contributed by atoms with Crippen molar-refractivity contribution in [2.75, 3.05) is 31.7 Å². The Kier molecular flexibility index (Phi) is 4.61. The van der Waals surface area contributed by atoms with Gasteiger partial charge in [0.25, 0.3) is 0 Å². The number of ether oxygens (including phenoxy) is 1. The first-order valence-electron chi connectivity index (χ1n) is 8.06. The smallest absolute Gasteiger partial charge is 0.129 e. The molecule has 2 aliphatic rings. The summed E-state index contributed by atoms with van der Waals surface area (Å²) in [5.74, 6) is 1.89. The number of aryl methyl sites for hydroxylation is 1. The Balaban J connectivity index is 1.66. The van der Waals surface area contributed by atoms with Crippen LogP contribution in [0.2, 0.25) is 0 Å². The lowest BCUT2D eigenvalue weighted by molar-refractivity contribution is -0.00862. The van der Waals surface area contributed by atoms with Crippen LogP contribution in [0, 0.1) is 12.3 Å². The fourth-order valence-corrected chi connectivity index (χ4v) is 3.19. The Bertz CT molecular complexity index is 511. The molecule has 2 fully saturated rings. The minimum Gasteiger partial charge on any atom is -0.396 e. The number of nitrogens with one attached hydrogen (secondary N) is 1. The van der Waals surface area contributed by atoms with E-state index in [9.17, 15) is 10.2 Å². The van der Waals surface area contributed by atoms with E-state index in [0.717, 1.165) is 43.0 Å². The van der Waals surface area contributed by atoms with Gasteiger partial charge in [-0.1, -0.05) is 0 Å². The number of nitrogens with zero attached hydrogens (tertiary/aromatic N) is 2. The lowest BCUT2D eigenvalue weighted by atomic mass is 9.80. The van der Waals surface area contributed by atoms with Crippen molar-refractivity contribution in [2.24, 2.45) is 5.41 Å². The van der Waals surface area contributed by atoms with E-state index in [-0.39, 0.29) is 18.1 Å². The van der Waals surface area contributed by atoms with Crippen molar-refractivity contribution in [3.8, 4) is 0 Å². The number of rotatable bonds is 5. The molecule has 1 saturated heterocycles. The zero-order valence-electron chi connectivity index (χ0n) is 13.1. The van der Waals surface area contributed by atoms with Crippen molar-refractivity contribution in [2.45, 2.75) is 44.6 Å². The number of anilines is 1. The van der Waals surface area contributed by atoms with Gasteiger partial charge in [0.1, 0.15) is 11.6 Å². The van der Waals surface area contributed by atoms with Gasteiger partial charge < -0.3 is 20.3 Å². The van der Waals surface area contributed by atoms with Crippen LogP contribution in [-0.4, -0.2) is 52.7 Å². The van der Waals surface area contributed by atoms with Crippen molar-refractivity contribution in [3.63, 3.8) is 0 Å². The first-order valence-corrected chi connectivity index (χ1v) is 8.06. The first kappa shape index (κ1) is 15.6. The number of hydrogen-bond acceptors (Lipinski definition) is 6. The van der Waals surface area contributed by atoms with E-state index in [1.807, 2.05) is 13.0 Å². The van der Waals surface area contributed by atoms with E-state index >= 15 is 0 Å². The van der Waals surface area contributed by atoms with Crippen molar-refractivity contribution >= 4 is 5.82 Å². The maximum Gasteiger partial charge on any atom is 0.129 e. The topological polar surface area (TPSA) is 87.5 Å². The van der Waals surface area contributed by atoms with Crippen LogP contribution in [0.15, 0.2) is 6.07 Å². The zero-order chi connectivity index (χ0) is 15.6. The molecule has 3 rings (SSSR count). The van der Waals surface area contributed by atoms with Crippen molar-refractivity contribution < 1.29 is 14.9 Å². The Morgan fingerprint density at radius 2 is 2.05 bits per heavy atom. The summed E-state index contributed by atoms with van der Waals surface area (Å²) >= 11 is 0. The molecule has 1 aliphatic heterocycles. The van der Waals surface area contributed by atoms with Gasteiger partial charge in [-0.25, -0.2) is 9.97 Å². The molecule has 1 aliphatic carbocycles. The highest BCUT2D eigenvalue weighted by Gasteiger charge is 2.33. The Hall–Kier alpha value is -1.24. The normalized spacial score (nSPS) is 27.2. The molecule has 122 valence electrons. The molecule has 0 amide bonds. The van der Waals surface area contributed by atoms with Gasteiger partial charge in [-0.2, -0.15) is 0 Å². The van der Waals surface area contributed by atoms with Crippen LogP contribution in [0.25, 0.3) is 0 Å². The summed E-state index contributed by atoms with van der Waals surface area (Å²) in [6.45, 7) is 4.15. The van der Waals surface area contributed by atoms with Crippen LogP contribution in [0.1, 0.15) is 43.1 Å². The Labute approximate surface area is 130 Å². The summed E-state index contributed by atoms with van der Waals surface area (Å²) in [6, 6.07) is 1.98. The lowest BCUT2D eigenvalue weighted by Crippen LogP contribution is -2.39. The van der Waals surface area contributed by atoms with Gasteiger partial charge in [-0.3, -0.25) is 0 Å². The molecule has 1 aromatic heterocycles. The summed E-state index contributed by atoms with van der Waals surface area (Å²) in [5.41, 5.74) is 0.884. The second-order valence-corrected chi connectivity index (χ2v) is 6.67. The van der Waals surface area contributed by atoms with Crippen LogP contribution >= 0.6 is 0 Å². The summed E-state index contributed by atoms with van der Waals surface area (Å²) in [7, 11) is 0. The fourth-order valence-electron chi connectivity index (χ4n) is 3.19. The predicted molar refractivity (Wildman–Crippen MR) is 82.8 cm³/mol. The molecule has 0 unspecified atom stereocenters. The van der Waals surface area contributed by atoms with Crippen molar-refractivity contribution in [3.05, 3.63) is 17.6 Å². The van der Waals surface area contributed by atoms with Crippen LogP contribution in [0.3, 0.4) is 0 Å². The SMILES string of the molecule is Cc1nc(NCC2(CO)CCOCC2)cc(C2CC(O)C2)n1. The maximum atomic E-state index is 9.74. The average molecular weight is 307 g/mol. The molecular formula is C16H25N3O3. The van der Waals surface area contributed by atoms with Crippen LogP contribution in [0.4, 0.5) is 5.82 Å². The minimum atomic E-state index is -0.184. The van der Waals surface area contributed by atoms with Crippen LogP contribution < -0.4 is 5.32 Å². The Morgan fingerprint density at radius 3 is 2.68 bits per heavy atom. The molecule has 0 bridgehead atoms. The van der Waals surface area contributed by atoms with E-state index in [0.29, 0.717) is 25.7 Å². The van der Waals surface area contributed by atoms with Gasteiger partial charge in [-0.15, -0.1) is 0 Å². The summed E-state index contributed by atoms with van der Waals surface area (Å²) in [5, 5.41) is 22.6. The average Bonchev–Trinajstić information content (AvgIpc) is 2.50. The van der Waals surface area contributed by atoms with E-state index in [1.165, 1.54) is 0 Å². The predicted octanol–water partition coefficient (Wildman–Crippen LogP) is 1.22. The fraction of sp³-hybridized carbons (Fsp3) is 0.750. The monoisotopic (exact) mass is 307 g/mol. The Morgan fingerprint density at radius 1 is 1.32 bits per heavy atom. The molecule has 1 aromatic rings. The summed E-state index contributed by atoms with van der Waals surface area (Å²) < 4.78 is 5.39. The third kappa shape index (κ3) is 3.39. The van der Waals surface area contributed by atoms with Crippen molar-refractivity contribution in [1.82, 2.24) is 9.97 Å². The largest absolute Gasteiger partial charge is 0.396 e. The van der Waals surface area contributed by atoms with E-state index < -0.39 is 0 Å². The number of aliphatic hydroxyl groups is 2. The third-order valence-corrected chi connectivity index (χ3v) is 4.92. The molecule has 2 heterocycles. The maximum absolute atomic E-state index is 9.74. The second-order valence-electron chi connectivity index (χ2n) is 6.67. The van der Waals surface area contributed by atoms with Gasteiger partial charge >= 0.3 is 0 Å². The highest BCUT2D eigenvalue weighted by Crippen LogP contribution is 2.36. The molecular weight excluding hydrogens is 282 g/mol. The van der Waals surface area contributed by atoms with Gasteiger partial charge in [-0.05, 0) is 32.6 Å². The molecule has 0 radical (unpaired) electrons. The first-order chi connectivity index (χ1) is 10.6. The highest BCUT2D eigenvalue weighted by molar-refractivity contribution is 5.38. The molecule has 0 spiro atoms.